The van der Waals surface area contributed by atoms with E-state index in [1.54, 1.807) is 17.0 Å². The van der Waals surface area contributed by atoms with Crippen LogP contribution in [0.25, 0.3) is 0 Å². The van der Waals surface area contributed by atoms with E-state index in [9.17, 15) is 18.8 Å². The molecule has 0 radical (unpaired) electrons. The Morgan fingerprint density at radius 3 is 2.03 bits per heavy atom. The van der Waals surface area contributed by atoms with Crippen LogP contribution in [0.4, 0.5) is 4.39 Å². The van der Waals surface area contributed by atoms with Gasteiger partial charge in [-0.05, 0) is 81.3 Å². The van der Waals surface area contributed by atoms with Crippen molar-refractivity contribution < 1.29 is 18.8 Å². The van der Waals surface area contributed by atoms with Crippen molar-refractivity contribution in [2.45, 2.75) is 45.1 Å². The third kappa shape index (κ3) is 5.64. The third-order valence-electron chi connectivity index (χ3n) is 6.92. The lowest BCUT2D eigenvalue weighted by atomic mass is 9.87. The number of nitrogens with one attached hydrogen (secondary N) is 1. The highest BCUT2D eigenvalue weighted by atomic mass is 19.1. The fourth-order valence-corrected chi connectivity index (χ4v) is 4.83. The summed E-state index contributed by atoms with van der Waals surface area (Å²) >= 11 is 0. The molecule has 2 aliphatic heterocycles. The van der Waals surface area contributed by atoms with E-state index in [-0.39, 0.29) is 29.5 Å². The van der Waals surface area contributed by atoms with Gasteiger partial charge in [0.2, 0.25) is 5.91 Å². The van der Waals surface area contributed by atoms with Crippen LogP contribution in [-0.2, 0) is 4.79 Å². The predicted octanol–water partition coefficient (Wildman–Crippen LogP) is 3.80. The van der Waals surface area contributed by atoms with Crippen LogP contribution in [0.15, 0.2) is 48.5 Å². The maximum Gasteiger partial charge on any atom is 0.253 e. The van der Waals surface area contributed by atoms with E-state index in [4.69, 9.17) is 0 Å². The van der Waals surface area contributed by atoms with Gasteiger partial charge in [-0.1, -0.05) is 17.7 Å². The highest BCUT2D eigenvalue weighted by molar-refractivity contribution is 5.98. The fraction of sp³-hybridized carbons (Fsp3) is 0.444. The molecule has 2 aromatic rings. The van der Waals surface area contributed by atoms with Gasteiger partial charge in [0.1, 0.15) is 11.9 Å². The van der Waals surface area contributed by atoms with Crippen molar-refractivity contribution in [3.63, 3.8) is 0 Å². The molecule has 1 atom stereocenters. The molecule has 6 nitrogen and oxygen atoms in total. The minimum absolute atomic E-state index is 0.0246. The zero-order chi connectivity index (χ0) is 24.1. The number of carbonyl (C=O) groups excluding carboxylic acids is 3. The molecule has 2 fully saturated rings. The Kier molecular flexibility index (Phi) is 7.60. The molecule has 2 heterocycles. The number of hydrogen-bond donors (Lipinski definition) is 1. The van der Waals surface area contributed by atoms with Crippen molar-refractivity contribution in [1.29, 1.82) is 0 Å². The molecule has 0 aromatic heterocycles. The molecule has 0 saturated carbocycles. The molecule has 0 aliphatic carbocycles. The van der Waals surface area contributed by atoms with Crippen LogP contribution in [0.3, 0.4) is 0 Å². The highest BCUT2D eigenvalue weighted by Gasteiger charge is 2.36. The van der Waals surface area contributed by atoms with Gasteiger partial charge in [-0.25, -0.2) is 4.39 Å². The maximum atomic E-state index is 13.5. The second-order valence-electron chi connectivity index (χ2n) is 9.34. The number of rotatable bonds is 5. The second-order valence-corrected chi connectivity index (χ2v) is 9.34. The molecule has 0 unspecified atom stereocenters. The first-order valence-electron chi connectivity index (χ1n) is 12.1. The summed E-state index contributed by atoms with van der Waals surface area (Å²) in [5.41, 5.74) is 2.05. The quantitative estimate of drug-likeness (QED) is 0.730. The first-order valence-corrected chi connectivity index (χ1v) is 12.1. The molecule has 34 heavy (non-hydrogen) atoms. The van der Waals surface area contributed by atoms with Crippen molar-refractivity contribution in [2.75, 3.05) is 26.2 Å². The van der Waals surface area contributed by atoms with E-state index in [1.807, 2.05) is 24.0 Å². The van der Waals surface area contributed by atoms with Crippen LogP contribution in [0, 0.1) is 18.7 Å². The number of aryl methyl sites for hydroxylation is 1. The molecule has 0 bridgehead atoms. The van der Waals surface area contributed by atoms with Gasteiger partial charge in [0.25, 0.3) is 11.8 Å². The molecule has 7 heteroatoms. The minimum atomic E-state index is -0.616. The van der Waals surface area contributed by atoms with Crippen LogP contribution >= 0.6 is 0 Å². The van der Waals surface area contributed by atoms with Gasteiger partial charge in [0.05, 0.1) is 0 Å². The number of halogens is 1. The SMILES string of the molecule is Cc1ccc(C(=O)N[C@H](C(=O)N2CCCCC2)C2CCN(C(=O)c3ccc(F)cc3)CC2)cc1. The maximum absolute atomic E-state index is 13.5. The van der Waals surface area contributed by atoms with Gasteiger partial charge >= 0.3 is 0 Å². The van der Waals surface area contributed by atoms with Gasteiger partial charge in [0.15, 0.2) is 0 Å². The number of carbonyl (C=O) groups is 3. The van der Waals surface area contributed by atoms with E-state index in [2.05, 4.69) is 5.32 Å². The zero-order valence-corrected chi connectivity index (χ0v) is 19.6. The number of hydrogen-bond acceptors (Lipinski definition) is 3. The predicted molar refractivity (Wildman–Crippen MR) is 128 cm³/mol. The molecule has 2 saturated heterocycles. The topological polar surface area (TPSA) is 69.7 Å². The average molecular weight is 466 g/mol. The highest BCUT2D eigenvalue weighted by Crippen LogP contribution is 2.25. The number of likely N-dealkylation sites (tertiary alicyclic amines) is 2. The van der Waals surface area contributed by atoms with Crippen LogP contribution in [0.2, 0.25) is 0 Å². The summed E-state index contributed by atoms with van der Waals surface area (Å²) in [4.78, 5) is 42.9. The van der Waals surface area contributed by atoms with Crippen molar-refractivity contribution >= 4 is 17.7 Å². The van der Waals surface area contributed by atoms with Crippen molar-refractivity contribution in [1.82, 2.24) is 15.1 Å². The summed E-state index contributed by atoms with van der Waals surface area (Å²) in [7, 11) is 0. The summed E-state index contributed by atoms with van der Waals surface area (Å²) in [6.45, 7) is 4.39. The average Bonchev–Trinajstić information content (AvgIpc) is 2.88. The van der Waals surface area contributed by atoms with E-state index < -0.39 is 6.04 Å². The van der Waals surface area contributed by atoms with Crippen molar-refractivity contribution in [2.24, 2.45) is 5.92 Å². The van der Waals surface area contributed by atoms with Crippen molar-refractivity contribution in [3.8, 4) is 0 Å². The Bertz CT molecular complexity index is 1010. The molecular weight excluding hydrogens is 433 g/mol. The zero-order valence-electron chi connectivity index (χ0n) is 19.6. The van der Waals surface area contributed by atoms with Gasteiger partial charge < -0.3 is 15.1 Å². The van der Waals surface area contributed by atoms with Crippen LogP contribution in [-0.4, -0.2) is 59.7 Å². The minimum Gasteiger partial charge on any atom is -0.341 e. The van der Waals surface area contributed by atoms with Gasteiger partial charge in [-0.15, -0.1) is 0 Å². The van der Waals surface area contributed by atoms with E-state index in [1.165, 1.54) is 24.3 Å². The Hall–Kier alpha value is -3.22. The molecule has 3 amide bonds. The molecule has 180 valence electrons. The van der Waals surface area contributed by atoms with Gasteiger partial charge in [-0.3, -0.25) is 14.4 Å². The lowest BCUT2D eigenvalue weighted by Gasteiger charge is -2.38. The molecule has 2 aliphatic rings. The van der Waals surface area contributed by atoms with E-state index >= 15 is 0 Å². The normalized spacial score (nSPS) is 17.8. The van der Waals surface area contributed by atoms with Gasteiger partial charge in [-0.2, -0.15) is 0 Å². The largest absolute Gasteiger partial charge is 0.341 e. The van der Waals surface area contributed by atoms with E-state index in [0.29, 0.717) is 37.1 Å². The first-order chi connectivity index (χ1) is 16.4. The Morgan fingerprint density at radius 1 is 0.824 bits per heavy atom. The monoisotopic (exact) mass is 465 g/mol. The van der Waals surface area contributed by atoms with Crippen LogP contribution in [0.5, 0.6) is 0 Å². The molecular formula is C27H32FN3O3. The summed E-state index contributed by atoms with van der Waals surface area (Å²) < 4.78 is 13.2. The Balaban J connectivity index is 1.45. The van der Waals surface area contributed by atoms with Gasteiger partial charge in [0, 0.05) is 37.3 Å². The Morgan fingerprint density at radius 2 is 1.41 bits per heavy atom. The van der Waals surface area contributed by atoms with Crippen molar-refractivity contribution in [3.05, 3.63) is 71.0 Å². The number of piperidine rings is 2. The smallest absolute Gasteiger partial charge is 0.253 e. The summed E-state index contributed by atoms with van der Waals surface area (Å²) in [6.07, 6.45) is 4.31. The second kappa shape index (κ2) is 10.8. The summed E-state index contributed by atoms with van der Waals surface area (Å²) in [5, 5.41) is 3.03. The third-order valence-corrected chi connectivity index (χ3v) is 6.92. The van der Waals surface area contributed by atoms with Crippen LogP contribution in [0.1, 0.15) is 58.4 Å². The van der Waals surface area contributed by atoms with Crippen LogP contribution < -0.4 is 5.32 Å². The summed E-state index contributed by atoms with van der Waals surface area (Å²) in [6, 6.07) is 12.3. The Labute approximate surface area is 200 Å². The first kappa shape index (κ1) is 23.9. The number of amides is 3. The molecule has 2 aromatic carbocycles. The molecule has 4 rings (SSSR count). The number of nitrogens with zero attached hydrogens (tertiary/aromatic N) is 2. The molecule has 1 N–H and O–H groups in total. The summed E-state index contributed by atoms with van der Waals surface area (Å²) in [5.74, 6) is -0.843. The number of benzene rings is 2. The standard InChI is InChI=1S/C27H32FN3O3/c1-19-5-7-21(8-6-19)25(32)29-24(27(34)30-15-3-2-4-16-30)20-13-17-31(18-14-20)26(33)22-9-11-23(28)12-10-22/h5-12,20,24H,2-4,13-18H2,1H3,(H,29,32)/t24-/m0/s1. The lowest BCUT2D eigenvalue weighted by Crippen LogP contribution is -2.55. The molecule has 0 spiro atoms. The van der Waals surface area contributed by atoms with E-state index in [0.717, 1.165) is 37.9 Å². The fourth-order valence-electron chi connectivity index (χ4n) is 4.83. The lowest BCUT2D eigenvalue weighted by molar-refractivity contribution is -0.136.